The van der Waals surface area contributed by atoms with Gasteiger partial charge in [0.25, 0.3) is 5.91 Å². The van der Waals surface area contributed by atoms with Gasteiger partial charge in [0.2, 0.25) is 15.9 Å². The van der Waals surface area contributed by atoms with E-state index in [1.54, 1.807) is 18.8 Å². The molecule has 1 aromatic heterocycles. The fourth-order valence-corrected chi connectivity index (χ4v) is 3.71. The molecule has 140 valence electrons. The smallest absolute Gasteiger partial charge is 0.273 e. The van der Waals surface area contributed by atoms with E-state index in [-0.39, 0.29) is 17.7 Å². The van der Waals surface area contributed by atoms with E-state index in [1.807, 2.05) is 6.92 Å². The zero-order valence-corrected chi connectivity index (χ0v) is 15.8. The molecule has 1 saturated heterocycles. The molecule has 2 heterocycles. The lowest BCUT2D eigenvalue weighted by Crippen LogP contribution is -2.41. The Hall–Kier alpha value is -1.94. The normalized spacial score (nSPS) is 16.6. The highest BCUT2D eigenvalue weighted by molar-refractivity contribution is 7.88. The maximum Gasteiger partial charge on any atom is 0.273 e. The topological polar surface area (TPSA) is 105 Å². The fourth-order valence-electron chi connectivity index (χ4n) is 2.84. The van der Waals surface area contributed by atoms with Crippen molar-refractivity contribution in [2.75, 3.05) is 38.8 Å². The Kier molecular flexibility index (Phi) is 5.83. The maximum absolute atomic E-state index is 12.5. The zero-order chi connectivity index (χ0) is 18.8. The van der Waals surface area contributed by atoms with E-state index < -0.39 is 10.0 Å². The summed E-state index contributed by atoms with van der Waals surface area (Å²) in [6, 6.07) is 0. The van der Waals surface area contributed by atoms with Gasteiger partial charge >= 0.3 is 0 Å². The van der Waals surface area contributed by atoms with Gasteiger partial charge < -0.3 is 10.2 Å². The highest BCUT2D eigenvalue weighted by Gasteiger charge is 2.30. The molecule has 1 N–H and O–H groups in total. The van der Waals surface area contributed by atoms with Crippen LogP contribution in [0.15, 0.2) is 6.20 Å². The van der Waals surface area contributed by atoms with Crippen LogP contribution in [0.1, 0.15) is 30.3 Å². The molecule has 1 aliphatic rings. The number of aryl methyl sites for hydroxylation is 1. The Morgan fingerprint density at radius 2 is 1.92 bits per heavy atom. The van der Waals surface area contributed by atoms with E-state index in [0.717, 1.165) is 0 Å². The number of hydrogen-bond donors (Lipinski definition) is 1. The number of nitrogens with one attached hydrogen (secondary N) is 1. The van der Waals surface area contributed by atoms with Crippen molar-refractivity contribution in [3.8, 4) is 0 Å². The van der Waals surface area contributed by atoms with Crippen molar-refractivity contribution >= 4 is 27.5 Å². The van der Waals surface area contributed by atoms with Gasteiger partial charge in [0.15, 0.2) is 0 Å². The molecule has 0 bridgehead atoms. The molecule has 0 spiro atoms. The Labute approximate surface area is 148 Å². The van der Waals surface area contributed by atoms with Gasteiger partial charge in [-0.1, -0.05) is 0 Å². The number of carbonyl (C=O) groups excluding carboxylic acids is 2. The Morgan fingerprint density at radius 3 is 2.40 bits per heavy atom. The average molecular weight is 371 g/mol. The van der Waals surface area contributed by atoms with Crippen molar-refractivity contribution in [1.82, 2.24) is 19.0 Å². The number of amides is 2. The van der Waals surface area contributed by atoms with Gasteiger partial charge in [-0.15, -0.1) is 0 Å². The van der Waals surface area contributed by atoms with Crippen molar-refractivity contribution in [3.05, 3.63) is 11.9 Å². The monoisotopic (exact) mass is 371 g/mol. The third-order valence-corrected chi connectivity index (χ3v) is 5.60. The van der Waals surface area contributed by atoms with Crippen molar-refractivity contribution in [2.45, 2.75) is 26.3 Å². The predicted octanol–water partition coefficient (Wildman–Crippen LogP) is 0.215. The lowest BCUT2D eigenvalue weighted by atomic mass is 9.97. The second kappa shape index (κ2) is 7.52. The van der Waals surface area contributed by atoms with Gasteiger partial charge in [-0.05, 0) is 19.8 Å². The quantitative estimate of drug-likeness (QED) is 0.797. The SMILES string of the molecule is CCn1ncc(NC(=O)C2CCN(S(C)(=O)=O)CC2)c1C(=O)N(C)C. The Morgan fingerprint density at radius 1 is 1.32 bits per heavy atom. The highest BCUT2D eigenvalue weighted by atomic mass is 32.2. The van der Waals surface area contributed by atoms with E-state index in [4.69, 9.17) is 0 Å². The summed E-state index contributed by atoms with van der Waals surface area (Å²) in [5.74, 6) is -0.733. The minimum atomic E-state index is -3.22. The van der Waals surface area contributed by atoms with Gasteiger partial charge in [0, 0.05) is 39.6 Å². The molecular weight excluding hydrogens is 346 g/mol. The molecule has 1 aromatic rings. The third kappa shape index (κ3) is 4.37. The number of sulfonamides is 1. The van der Waals surface area contributed by atoms with Gasteiger partial charge in [-0.3, -0.25) is 14.3 Å². The summed E-state index contributed by atoms with van der Waals surface area (Å²) < 4.78 is 26.0. The number of carbonyl (C=O) groups is 2. The molecule has 2 amide bonds. The molecule has 2 rings (SSSR count). The van der Waals surface area contributed by atoms with Crippen LogP contribution in [-0.2, 0) is 21.4 Å². The maximum atomic E-state index is 12.5. The van der Waals surface area contributed by atoms with E-state index in [1.165, 1.54) is 21.7 Å². The van der Waals surface area contributed by atoms with Crippen LogP contribution in [0.3, 0.4) is 0 Å². The number of hydrogen-bond acceptors (Lipinski definition) is 5. The van der Waals surface area contributed by atoms with Crippen molar-refractivity contribution in [2.24, 2.45) is 5.92 Å². The van der Waals surface area contributed by atoms with Gasteiger partial charge in [0.1, 0.15) is 5.69 Å². The fraction of sp³-hybridized carbons (Fsp3) is 0.667. The summed E-state index contributed by atoms with van der Waals surface area (Å²) in [7, 11) is 0.0581. The predicted molar refractivity (Wildman–Crippen MR) is 93.7 cm³/mol. The van der Waals surface area contributed by atoms with Crippen LogP contribution in [0.25, 0.3) is 0 Å². The number of piperidine rings is 1. The molecule has 1 fully saturated rings. The largest absolute Gasteiger partial charge is 0.343 e. The molecule has 0 saturated carbocycles. The highest BCUT2D eigenvalue weighted by Crippen LogP contribution is 2.23. The molecule has 1 aliphatic heterocycles. The van der Waals surface area contributed by atoms with Gasteiger partial charge in [0.05, 0.1) is 18.1 Å². The second-order valence-corrected chi connectivity index (χ2v) is 8.33. The lowest BCUT2D eigenvalue weighted by Gasteiger charge is -2.29. The molecule has 10 heteroatoms. The second-order valence-electron chi connectivity index (χ2n) is 6.35. The van der Waals surface area contributed by atoms with Crippen LogP contribution in [0, 0.1) is 5.92 Å². The molecule has 0 atom stereocenters. The number of aromatic nitrogens is 2. The standard InChI is InChI=1S/C15H25N5O4S/c1-5-20-13(15(22)18(2)3)12(10-16-20)17-14(21)11-6-8-19(9-7-11)25(4,23)24/h10-11H,5-9H2,1-4H3,(H,17,21). The first-order valence-corrected chi connectivity index (χ1v) is 10.0. The summed E-state index contributed by atoms with van der Waals surface area (Å²) in [4.78, 5) is 26.3. The lowest BCUT2D eigenvalue weighted by molar-refractivity contribution is -0.120. The molecule has 0 radical (unpaired) electrons. The van der Waals surface area contributed by atoms with E-state index in [0.29, 0.717) is 43.9 Å². The summed E-state index contributed by atoms with van der Waals surface area (Å²) in [6.07, 6.45) is 3.56. The van der Waals surface area contributed by atoms with Gasteiger partial charge in [-0.25, -0.2) is 12.7 Å². The number of rotatable bonds is 5. The number of anilines is 1. The molecule has 0 unspecified atom stereocenters. The molecule has 25 heavy (non-hydrogen) atoms. The van der Waals surface area contributed by atoms with Crippen LogP contribution in [-0.4, -0.2) is 72.7 Å². The molecule has 0 aromatic carbocycles. The summed E-state index contributed by atoms with van der Waals surface area (Å²) in [5, 5.41) is 6.93. The summed E-state index contributed by atoms with van der Waals surface area (Å²) in [5.41, 5.74) is 0.727. The Balaban J connectivity index is 2.09. The molecular formula is C15H25N5O4S. The van der Waals surface area contributed by atoms with Crippen LogP contribution in [0.2, 0.25) is 0 Å². The van der Waals surface area contributed by atoms with Gasteiger partial charge in [-0.2, -0.15) is 5.10 Å². The van der Waals surface area contributed by atoms with E-state index >= 15 is 0 Å². The minimum absolute atomic E-state index is 0.211. The van der Waals surface area contributed by atoms with Crippen molar-refractivity contribution in [3.63, 3.8) is 0 Å². The summed E-state index contributed by atoms with van der Waals surface area (Å²) >= 11 is 0. The van der Waals surface area contributed by atoms with E-state index in [9.17, 15) is 18.0 Å². The molecule has 0 aliphatic carbocycles. The first-order valence-electron chi connectivity index (χ1n) is 8.18. The minimum Gasteiger partial charge on any atom is -0.343 e. The first kappa shape index (κ1) is 19.4. The molecule has 9 nitrogen and oxygen atoms in total. The van der Waals surface area contributed by atoms with Crippen LogP contribution >= 0.6 is 0 Å². The Bertz CT molecular complexity index is 748. The first-order chi connectivity index (χ1) is 11.6. The van der Waals surface area contributed by atoms with Crippen LogP contribution in [0.5, 0.6) is 0 Å². The van der Waals surface area contributed by atoms with E-state index in [2.05, 4.69) is 10.4 Å². The number of nitrogens with zero attached hydrogens (tertiary/aromatic N) is 4. The van der Waals surface area contributed by atoms with Crippen molar-refractivity contribution in [1.29, 1.82) is 0 Å². The summed E-state index contributed by atoms with van der Waals surface area (Å²) in [6.45, 7) is 3.03. The van der Waals surface area contributed by atoms with Crippen molar-refractivity contribution < 1.29 is 18.0 Å². The third-order valence-electron chi connectivity index (χ3n) is 4.30. The average Bonchev–Trinajstić information content (AvgIpc) is 2.95. The van der Waals surface area contributed by atoms with Crippen LogP contribution < -0.4 is 5.32 Å². The van der Waals surface area contributed by atoms with Crippen LogP contribution in [0.4, 0.5) is 5.69 Å². The zero-order valence-electron chi connectivity index (χ0n) is 15.0.